The quantitative estimate of drug-likeness (QED) is 0.603. The number of hydrogen-bond acceptors (Lipinski definition) is 4. The molecule has 0 saturated carbocycles. The van der Waals surface area contributed by atoms with Gasteiger partial charge in [-0.05, 0) is 24.1 Å². The monoisotopic (exact) mass is 260 g/mol. The Bertz CT molecular complexity index is 485. The fourth-order valence-electron chi connectivity index (χ4n) is 2.07. The number of carbonyl (C=O) groups is 2. The summed E-state index contributed by atoms with van der Waals surface area (Å²) in [6.07, 6.45) is 7.27. The van der Waals surface area contributed by atoms with Crippen LogP contribution in [0.25, 0.3) is 6.08 Å². The molecule has 1 aliphatic rings. The number of esters is 1. The number of amides is 1. The van der Waals surface area contributed by atoms with Gasteiger partial charge in [-0.1, -0.05) is 6.07 Å². The van der Waals surface area contributed by atoms with Crippen LogP contribution in [0.1, 0.15) is 12.0 Å². The van der Waals surface area contributed by atoms with E-state index in [1.807, 2.05) is 12.1 Å². The van der Waals surface area contributed by atoms with Crippen LogP contribution < -0.4 is 0 Å². The highest BCUT2D eigenvalue weighted by atomic mass is 16.5. The lowest BCUT2D eigenvalue weighted by molar-refractivity contribution is -0.145. The molecule has 1 amide bonds. The van der Waals surface area contributed by atoms with Gasteiger partial charge in [-0.15, -0.1) is 0 Å². The van der Waals surface area contributed by atoms with Crippen LogP contribution in [0.3, 0.4) is 0 Å². The average Bonchev–Trinajstić information content (AvgIpc) is 2.95. The second-order valence-electron chi connectivity index (χ2n) is 4.41. The summed E-state index contributed by atoms with van der Waals surface area (Å²) in [6.45, 7) is 1.03. The standard InChI is InChI=1S/C14H16N2O3/c1-19-14(18)12-6-8-16(10-12)13(17)5-4-11-3-2-7-15-9-11/h2-5,7,9,12H,6,8,10H2,1H3. The van der Waals surface area contributed by atoms with Gasteiger partial charge in [-0.2, -0.15) is 0 Å². The Morgan fingerprint density at radius 2 is 2.37 bits per heavy atom. The molecule has 1 saturated heterocycles. The van der Waals surface area contributed by atoms with E-state index in [9.17, 15) is 9.59 Å². The molecule has 5 nitrogen and oxygen atoms in total. The second-order valence-corrected chi connectivity index (χ2v) is 4.41. The molecule has 0 bridgehead atoms. The Kier molecular flexibility index (Phi) is 4.28. The van der Waals surface area contributed by atoms with Crippen molar-refractivity contribution in [1.82, 2.24) is 9.88 Å². The molecule has 1 aliphatic heterocycles. The Balaban J connectivity index is 1.91. The van der Waals surface area contributed by atoms with Gasteiger partial charge in [0.2, 0.25) is 5.91 Å². The topological polar surface area (TPSA) is 59.5 Å². The maximum absolute atomic E-state index is 11.9. The van der Waals surface area contributed by atoms with E-state index >= 15 is 0 Å². The lowest BCUT2D eigenvalue weighted by atomic mass is 10.1. The Morgan fingerprint density at radius 3 is 3.05 bits per heavy atom. The van der Waals surface area contributed by atoms with Crippen molar-refractivity contribution in [3.63, 3.8) is 0 Å². The fourth-order valence-corrected chi connectivity index (χ4v) is 2.07. The molecule has 1 aromatic rings. The van der Waals surface area contributed by atoms with Crippen LogP contribution in [0.5, 0.6) is 0 Å². The van der Waals surface area contributed by atoms with Gasteiger partial charge in [-0.25, -0.2) is 0 Å². The Morgan fingerprint density at radius 1 is 1.53 bits per heavy atom. The summed E-state index contributed by atoms with van der Waals surface area (Å²) in [5.41, 5.74) is 0.875. The van der Waals surface area contributed by atoms with E-state index in [0.717, 1.165) is 5.56 Å². The van der Waals surface area contributed by atoms with Crippen molar-refractivity contribution in [3.8, 4) is 0 Å². The second kappa shape index (κ2) is 6.13. The number of hydrogen-bond donors (Lipinski definition) is 0. The van der Waals surface area contributed by atoms with E-state index in [0.29, 0.717) is 19.5 Å². The van der Waals surface area contributed by atoms with Gasteiger partial charge in [-0.3, -0.25) is 14.6 Å². The van der Waals surface area contributed by atoms with Crippen LogP contribution in [0.4, 0.5) is 0 Å². The molecule has 100 valence electrons. The van der Waals surface area contributed by atoms with Crippen molar-refractivity contribution < 1.29 is 14.3 Å². The number of nitrogens with zero attached hydrogens (tertiary/aromatic N) is 2. The first-order valence-electron chi connectivity index (χ1n) is 6.15. The highest BCUT2D eigenvalue weighted by Crippen LogP contribution is 2.17. The first-order chi connectivity index (χ1) is 9.20. The summed E-state index contributed by atoms with van der Waals surface area (Å²) in [5.74, 6) is -0.525. The molecule has 0 radical (unpaired) electrons. The smallest absolute Gasteiger partial charge is 0.310 e. The summed E-state index contributed by atoms with van der Waals surface area (Å²) in [4.78, 5) is 28.9. The van der Waals surface area contributed by atoms with E-state index in [4.69, 9.17) is 0 Å². The first-order valence-corrected chi connectivity index (χ1v) is 6.15. The average molecular weight is 260 g/mol. The van der Waals surface area contributed by atoms with Gasteiger partial charge < -0.3 is 9.64 Å². The zero-order valence-electron chi connectivity index (χ0n) is 10.8. The normalized spacial score (nSPS) is 18.8. The minimum Gasteiger partial charge on any atom is -0.469 e. The molecule has 1 aromatic heterocycles. The molecule has 1 fully saturated rings. The third-order valence-corrected chi connectivity index (χ3v) is 3.14. The van der Waals surface area contributed by atoms with Crippen molar-refractivity contribution in [2.24, 2.45) is 5.92 Å². The molecular formula is C14H16N2O3. The number of likely N-dealkylation sites (tertiary alicyclic amines) is 1. The van der Waals surface area contributed by atoms with Crippen LogP contribution in [0, 0.1) is 5.92 Å². The predicted molar refractivity (Wildman–Crippen MR) is 70.0 cm³/mol. The van der Waals surface area contributed by atoms with E-state index in [2.05, 4.69) is 9.72 Å². The maximum atomic E-state index is 11.9. The molecule has 0 aliphatic carbocycles. The first kappa shape index (κ1) is 13.3. The summed E-state index contributed by atoms with van der Waals surface area (Å²) in [6, 6.07) is 3.69. The van der Waals surface area contributed by atoms with Crippen molar-refractivity contribution in [2.75, 3.05) is 20.2 Å². The number of carbonyl (C=O) groups excluding carboxylic acids is 2. The van der Waals surface area contributed by atoms with Gasteiger partial charge in [0.05, 0.1) is 13.0 Å². The number of pyridine rings is 1. The molecular weight excluding hydrogens is 244 g/mol. The van der Waals surface area contributed by atoms with Gasteiger partial charge in [0.1, 0.15) is 0 Å². The summed E-state index contributed by atoms with van der Waals surface area (Å²) >= 11 is 0. The lowest BCUT2D eigenvalue weighted by Gasteiger charge is -2.13. The molecule has 5 heteroatoms. The summed E-state index contributed by atoms with van der Waals surface area (Å²) in [5, 5.41) is 0. The van der Waals surface area contributed by atoms with Crippen LogP contribution in [-0.2, 0) is 14.3 Å². The third kappa shape index (κ3) is 3.40. The third-order valence-electron chi connectivity index (χ3n) is 3.14. The molecule has 0 aromatic carbocycles. The van der Waals surface area contributed by atoms with E-state index in [1.54, 1.807) is 23.4 Å². The largest absolute Gasteiger partial charge is 0.469 e. The number of rotatable bonds is 3. The van der Waals surface area contributed by atoms with E-state index < -0.39 is 0 Å². The van der Waals surface area contributed by atoms with Gasteiger partial charge >= 0.3 is 5.97 Å². The molecule has 0 spiro atoms. The van der Waals surface area contributed by atoms with Gasteiger partial charge in [0.25, 0.3) is 0 Å². The Hall–Kier alpha value is -2.17. The van der Waals surface area contributed by atoms with Crippen LogP contribution >= 0.6 is 0 Å². The van der Waals surface area contributed by atoms with Crippen LogP contribution in [0.2, 0.25) is 0 Å². The zero-order valence-corrected chi connectivity index (χ0v) is 10.8. The van der Waals surface area contributed by atoms with Gasteiger partial charge in [0.15, 0.2) is 0 Å². The molecule has 2 heterocycles. The summed E-state index contributed by atoms with van der Waals surface area (Å²) in [7, 11) is 1.37. The van der Waals surface area contributed by atoms with Crippen molar-refractivity contribution >= 4 is 18.0 Å². The summed E-state index contributed by atoms with van der Waals surface area (Å²) < 4.78 is 4.69. The maximum Gasteiger partial charge on any atom is 0.310 e. The number of aromatic nitrogens is 1. The molecule has 1 unspecified atom stereocenters. The predicted octanol–water partition coefficient (Wildman–Crippen LogP) is 1.12. The molecule has 19 heavy (non-hydrogen) atoms. The molecule has 1 atom stereocenters. The van der Waals surface area contributed by atoms with Crippen molar-refractivity contribution in [2.45, 2.75) is 6.42 Å². The van der Waals surface area contributed by atoms with E-state index in [1.165, 1.54) is 13.2 Å². The number of methoxy groups -OCH3 is 1. The SMILES string of the molecule is COC(=O)C1CCN(C(=O)C=Cc2cccnc2)C1. The van der Waals surface area contributed by atoms with Crippen LogP contribution in [0.15, 0.2) is 30.6 Å². The zero-order chi connectivity index (χ0) is 13.7. The van der Waals surface area contributed by atoms with Crippen LogP contribution in [-0.4, -0.2) is 42.0 Å². The minimum atomic E-state index is -0.244. The van der Waals surface area contributed by atoms with E-state index in [-0.39, 0.29) is 17.8 Å². The number of ether oxygens (including phenoxy) is 1. The van der Waals surface area contributed by atoms with Gasteiger partial charge in [0, 0.05) is 31.6 Å². The molecule has 2 rings (SSSR count). The minimum absolute atomic E-state index is 0.0877. The fraction of sp³-hybridized carbons (Fsp3) is 0.357. The highest BCUT2D eigenvalue weighted by molar-refractivity contribution is 5.92. The highest BCUT2D eigenvalue weighted by Gasteiger charge is 2.30. The van der Waals surface area contributed by atoms with Crippen molar-refractivity contribution in [1.29, 1.82) is 0 Å². The van der Waals surface area contributed by atoms with Crippen molar-refractivity contribution in [3.05, 3.63) is 36.2 Å². The lowest BCUT2D eigenvalue weighted by Crippen LogP contribution is -2.28. The molecule has 0 N–H and O–H groups in total. The Labute approximate surface area is 111 Å².